The Morgan fingerprint density at radius 2 is 2.00 bits per heavy atom. The van der Waals surface area contributed by atoms with Crippen molar-refractivity contribution in [1.29, 1.82) is 0 Å². The number of non-ortho nitro benzene ring substituents is 1. The minimum absolute atomic E-state index is 0.0525. The smallest absolute Gasteiger partial charge is 0.477 e. The number of benzene rings is 2. The molecule has 0 saturated carbocycles. The normalized spacial score (nSPS) is 15.8. The topological polar surface area (TPSA) is 98.9 Å². The average Bonchev–Trinajstić information content (AvgIpc) is 2.53. The van der Waals surface area contributed by atoms with Gasteiger partial charge in [0.15, 0.2) is 11.9 Å². The molecule has 3 rings (SSSR count). The van der Waals surface area contributed by atoms with Gasteiger partial charge in [-0.1, -0.05) is 30.3 Å². The lowest BCUT2D eigenvalue weighted by Crippen LogP contribution is -2.18. The van der Waals surface area contributed by atoms with Crippen LogP contribution in [0, 0.1) is 10.1 Å². The van der Waals surface area contributed by atoms with Crippen LogP contribution in [0.1, 0.15) is 17.2 Å². The van der Waals surface area contributed by atoms with E-state index >= 15 is 0 Å². The van der Waals surface area contributed by atoms with Crippen LogP contribution in [0.15, 0.2) is 54.3 Å². The van der Waals surface area contributed by atoms with E-state index in [1.165, 1.54) is 18.2 Å². The highest BCUT2D eigenvalue weighted by Gasteiger charge is 2.28. The summed E-state index contributed by atoms with van der Waals surface area (Å²) in [4.78, 5) is 21.3. The molecule has 0 aromatic heterocycles. The zero-order valence-electron chi connectivity index (χ0n) is 11.7. The van der Waals surface area contributed by atoms with Crippen LogP contribution in [0.5, 0.6) is 5.75 Å². The summed E-state index contributed by atoms with van der Waals surface area (Å²) in [6.45, 7) is 0. The number of carbonyl (C=O) groups is 1. The number of hydrogen-bond donors (Lipinski definition) is 1. The Hall–Kier alpha value is -3.35. The Morgan fingerprint density at radius 1 is 1.22 bits per heavy atom. The molecule has 116 valence electrons. The van der Waals surface area contributed by atoms with Gasteiger partial charge in [-0.25, -0.2) is 4.79 Å². The fourth-order valence-corrected chi connectivity index (χ4v) is 2.34. The quantitative estimate of drug-likeness (QED) is 0.526. The third-order valence-electron chi connectivity index (χ3n) is 3.31. The second kappa shape index (κ2) is 5.80. The van der Waals surface area contributed by atoms with Crippen molar-refractivity contribution >= 4 is 17.9 Å². The molecule has 0 bridgehead atoms. The van der Waals surface area contributed by atoms with Crippen LogP contribution in [0.25, 0.3) is 6.08 Å². The molecule has 1 atom stereocenters. The Kier molecular flexibility index (Phi) is 3.68. The van der Waals surface area contributed by atoms with E-state index in [1.54, 1.807) is 36.4 Å². The standard InChI is InChI=1S/C16H11NO6/c18-16(19)23-14-9-10-4-1-2-7-13(10)22-15(14)11-5-3-6-12(8-11)17(20)21/h1-9,15H,(H,18,19). The summed E-state index contributed by atoms with van der Waals surface area (Å²) in [6.07, 6.45) is -0.799. The molecule has 0 fully saturated rings. The SMILES string of the molecule is O=C(O)OC1=Cc2ccccc2OC1c1cccc([N+](=O)[O-])c1. The second-order valence-electron chi connectivity index (χ2n) is 4.80. The molecule has 1 aliphatic rings. The highest BCUT2D eigenvalue weighted by molar-refractivity contribution is 5.67. The first kappa shape index (κ1) is 14.6. The Morgan fingerprint density at radius 3 is 2.74 bits per heavy atom. The molecule has 0 saturated heterocycles. The number of nitro benzene ring substituents is 1. The molecule has 7 nitrogen and oxygen atoms in total. The number of ether oxygens (including phenoxy) is 2. The van der Waals surface area contributed by atoms with Crippen molar-refractivity contribution in [3.8, 4) is 5.75 Å². The maximum absolute atomic E-state index is 10.9. The lowest BCUT2D eigenvalue weighted by atomic mass is 10.0. The van der Waals surface area contributed by atoms with Crippen molar-refractivity contribution in [2.75, 3.05) is 0 Å². The van der Waals surface area contributed by atoms with Gasteiger partial charge in [0.05, 0.1) is 4.92 Å². The lowest BCUT2D eigenvalue weighted by molar-refractivity contribution is -0.385. The summed E-state index contributed by atoms with van der Waals surface area (Å²) in [5.41, 5.74) is 0.992. The van der Waals surface area contributed by atoms with E-state index < -0.39 is 17.2 Å². The van der Waals surface area contributed by atoms with Crippen LogP contribution in [0.2, 0.25) is 0 Å². The molecule has 0 radical (unpaired) electrons. The zero-order valence-corrected chi connectivity index (χ0v) is 11.7. The van der Waals surface area contributed by atoms with Gasteiger partial charge < -0.3 is 14.6 Å². The third kappa shape index (κ3) is 2.98. The Labute approximate surface area is 130 Å². The number of carboxylic acid groups (broad SMARTS) is 1. The fraction of sp³-hybridized carbons (Fsp3) is 0.0625. The molecule has 1 N–H and O–H groups in total. The maximum Gasteiger partial charge on any atom is 0.511 e. The highest BCUT2D eigenvalue weighted by atomic mass is 16.7. The van der Waals surface area contributed by atoms with E-state index in [9.17, 15) is 14.9 Å². The van der Waals surface area contributed by atoms with E-state index in [-0.39, 0.29) is 11.4 Å². The average molecular weight is 313 g/mol. The molecule has 1 aliphatic heterocycles. The van der Waals surface area contributed by atoms with Crippen LogP contribution in [-0.2, 0) is 4.74 Å². The van der Waals surface area contributed by atoms with Crippen LogP contribution in [0.3, 0.4) is 0 Å². The minimum Gasteiger partial charge on any atom is -0.477 e. The van der Waals surface area contributed by atoms with Crippen molar-refractivity contribution in [2.45, 2.75) is 6.10 Å². The van der Waals surface area contributed by atoms with E-state index in [0.717, 1.165) is 0 Å². The second-order valence-corrected chi connectivity index (χ2v) is 4.80. The monoisotopic (exact) mass is 313 g/mol. The minimum atomic E-state index is -1.48. The van der Waals surface area contributed by atoms with Gasteiger partial charge in [0.2, 0.25) is 0 Å². The van der Waals surface area contributed by atoms with E-state index in [4.69, 9.17) is 14.6 Å². The molecular formula is C16H11NO6. The van der Waals surface area contributed by atoms with E-state index in [1.807, 2.05) is 0 Å². The maximum atomic E-state index is 10.9. The number of hydrogen-bond acceptors (Lipinski definition) is 5. The van der Waals surface area contributed by atoms with Crippen molar-refractivity contribution in [1.82, 2.24) is 0 Å². The van der Waals surface area contributed by atoms with Crippen LogP contribution in [0.4, 0.5) is 10.5 Å². The predicted molar refractivity (Wildman–Crippen MR) is 80.0 cm³/mol. The number of nitrogens with zero attached hydrogens (tertiary/aromatic N) is 1. The van der Waals surface area contributed by atoms with Gasteiger partial charge in [-0.2, -0.15) is 0 Å². The summed E-state index contributed by atoms with van der Waals surface area (Å²) in [6, 6.07) is 12.8. The largest absolute Gasteiger partial charge is 0.511 e. The van der Waals surface area contributed by atoms with Gasteiger partial charge in [0.1, 0.15) is 5.75 Å². The summed E-state index contributed by atoms with van der Waals surface area (Å²) >= 11 is 0. The van der Waals surface area contributed by atoms with Crippen molar-refractivity contribution in [3.63, 3.8) is 0 Å². The first-order chi connectivity index (χ1) is 11.0. The van der Waals surface area contributed by atoms with Crippen molar-refractivity contribution in [2.24, 2.45) is 0 Å². The fourth-order valence-electron chi connectivity index (χ4n) is 2.34. The van der Waals surface area contributed by atoms with Crippen molar-refractivity contribution < 1.29 is 24.3 Å². The van der Waals surface area contributed by atoms with Crippen molar-refractivity contribution in [3.05, 3.63) is 75.5 Å². The van der Waals surface area contributed by atoms with E-state index in [0.29, 0.717) is 16.9 Å². The highest BCUT2D eigenvalue weighted by Crippen LogP contribution is 2.38. The van der Waals surface area contributed by atoms with Gasteiger partial charge in [0, 0.05) is 23.3 Å². The molecule has 1 unspecified atom stereocenters. The first-order valence-corrected chi connectivity index (χ1v) is 6.67. The molecule has 23 heavy (non-hydrogen) atoms. The Bertz CT molecular complexity index is 814. The molecule has 7 heteroatoms. The molecular weight excluding hydrogens is 302 g/mol. The zero-order chi connectivity index (χ0) is 16.4. The predicted octanol–water partition coefficient (Wildman–Crippen LogP) is 3.76. The van der Waals surface area contributed by atoms with Gasteiger partial charge in [-0.05, 0) is 12.1 Å². The molecule has 0 spiro atoms. The molecule has 0 aliphatic carbocycles. The van der Waals surface area contributed by atoms with Gasteiger partial charge in [0.25, 0.3) is 5.69 Å². The molecule has 0 amide bonds. The summed E-state index contributed by atoms with van der Waals surface area (Å²) in [7, 11) is 0. The van der Waals surface area contributed by atoms with Crippen LogP contribution in [-0.4, -0.2) is 16.2 Å². The summed E-state index contributed by atoms with van der Waals surface area (Å²) in [5.74, 6) is 0.596. The van der Waals surface area contributed by atoms with Gasteiger partial charge in [-0.3, -0.25) is 10.1 Å². The number of para-hydroxylation sites is 1. The lowest BCUT2D eigenvalue weighted by Gasteiger charge is -2.26. The van der Waals surface area contributed by atoms with Crippen LogP contribution < -0.4 is 4.74 Å². The molecule has 2 aromatic carbocycles. The molecule has 1 heterocycles. The van der Waals surface area contributed by atoms with Gasteiger partial charge >= 0.3 is 6.16 Å². The first-order valence-electron chi connectivity index (χ1n) is 6.67. The number of rotatable bonds is 3. The third-order valence-corrected chi connectivity index (χ3v) is 3.31. The van der Waals surface area contributed by atoms with E-state index in [2.05, 4.69) is 0 Å². The number of fused-ring (bicyclic) bond motifs is 1. The number of nitro groups is 1. The van der Waals surface area contributed by atoms with Gasteiger partial charge in [-0.15, -0.1) is 0 Å². The Balaban J connectivity index is 2.05. The molecule has 2 aromatic rings. The summed E-state index contributed by atoms with van der Waals surface area (Å²) in [5, 5.41) is 19.8. The summed E-state index contributed by atoms with van der Waals surface area (Å²) < 4.78 is 10.6. The van der Waals surface area contributed by atoms with Crippen LogP contribution >= 0.6 is 0 Å².